The molecule has 18 heavy (non-hydrogen) atoms. The first kappa shape index (κ1) is 14.8. The molecule has 0 radical (unpaired) electrons. The minimum Gasteiger partial charge on any atom is -0.490 e. The second-order valence-corrected chi connectivity index (χ2v) is 5.07. The third-order valence-electron chi connectivity index (χ3n) is 2.64. The lowest BCUT2D eigenvalue weighted by atomic mass is 10.1. The third kappa shape index (κ3) is 5.38. The van der Waals surface area contributed by atoms with Crippen LogP contribution in [-0.2, 0) is 0 Å². The molecule has 0 saturated carbocycles. The molecule has 0 amide bonds. The predicted octanol–water partition coefficient (Wildman–Crippen LogP) is 1.74. The molecule has 4 nitrogen and oxygen atoms in total. The molecule has 0 aliphatic carbocycles. The molecule has 102 valence electrons. The van der Waals surface area contributed by atoms with Gasteiger partial charge in [-0.2, -0.15) is 0 Å². The van der Waals surface area contributed by atoms with Gasteiger partial charge in [0.2, 0.25) is 0 Å². The minimum atomic E-state index is -0.679. The van der Waals surface area contributed by atoms with E-state index in [-0.39, 0.29) is 0 Å². The van der Waals surface area contributed by atoms with Crippen LogP contribution in [0.3, 0.4) is 0 Å². The maximum absolute atomic E-state index is 9.78. The van der Waals surface area contributed by atoms with Gasteiger partial charge >= 0.3 is 0 Å². The molecule has 0 fully saturated rings. The van der Waals surface area contributed by atoms with Gasteiger partial charge in [0.15, 0.2) is 0 Å². The molecule has 0 unspecified atom stereocenters. The van der Waals surface area contributed by atoms with E-state index < -0.39 is 5.60 Å². The van der Waals surface area contributed by atoms with E-state index >= 15 is 0 Å². The first-order valence-corrected chi connectivity index (χ1v) is 6.34. The van der Waals surface area contributed by atoms with Crippen LogP contribution in [0.2, 0.25) is 0 Å². The van der Waals surface area contributed by atoms with E-state index in [0.29, 0.717) is 18.8 Å². The fraction of sp³-hybridized carbons (Fsp3) is 0.571. The van der Waals surface area contributed by atoms with Gasteiger partial charge in [0.05, 0.1) is 11.3 Å². The van der Waals surface area contributed by atoms with Crippen molar-refractivity contribution in [3.63, 3.8) is 0 Å². The van der Waals surface area contributed by atoms with Crippen molar-refractivity contribution in [3.05, 3.63) is 24.3 Å². The number of nitrogens with two attached hydrogens (primary N) is 1. The molecule has 0 atom stereocenters. The summed E-state index contributed by atoms with van der Waals surface area (Å²) in [6.45, 7) is 8.56. The van der Waals surface area contributed by atoms with Gasteiger partial charge in [0.25, 0.3) is 0 Å². The first-order chi connectivity index (χ1) is 8.42. The maximum atomic E-state index is 9.78. The van der Waals surface area contributed by atoms with Gasteiger partial charge in [-0.1, -0.05) is 19.1 Å². The number of aliphatic hydroxyl groups is 1. The third-order valence-corrected chi connectivity index (χ3v) is 2.64. The second-order valence-electron chi connectivity index (χ2n) is 5.07. The Hall–Kier alpha value is -1.26. The summed E-state index contributed by atoms with van der Waals surface area (Å²) in [5.41, 5.74) is 5.77. The maximum Gasteiger partial charge on any atom is 0.142 e. The van der Waals surface area contributed by atoms with Crippen LogP contribution >= 0.6 is 0 Å². The first-order valence-electron chi connectivity index (χ1n) is 6.34. The van der Waals surface area contributed by atoms with Gasteiger partial charge in [-0.05, 0) is 32.5 Å². The number of hydrogen-bond donors (Lipinski definition) is 2. The van der Waals surface area contributed by atoms with Crippen LogP contribution < -0.4 is 10.5 Å². The van der Waals surface area contributed by atoms with Crippen molar-refractivity contribution in [1.82, 2.24) is 4.90 Å². The highest BCUT2D eigenvalue weighted by Crippen LogP contribution is 2.19. The monoisotopic (exact) mass is 252 g/mol. The summed E-state index contributed by atoms with van der Waals surface area (Å²) in [4.78, 5) is 2.15. The summed E-state index contributed by atoms with van der Waals surface area (Å²) in [7, 11) is 0. The van der Waals surface area contributed by atoms with Crippen molar-refractivity contribution in [2.24, 2.45) is 0 Å². The normalized spacial score (nSPS) is 11.8. The van der Waals surface area contributed by atoms with Crippen molar-refractivity contribution < 1.29 is 9.84 Å². The van der Waals surface area contributed by atoms with Crippen molar-refractivity contribution in [1.29, 1.82) is 0 Å². The molecule has 0 aromatic heterocycles. The number of ether oxygens (including phenoxy) is 1. The van der Waals surface area contributed by atoms with E-state index in [4.69, 9.17) is 10.5 Å². The number of hydrogen-bond acceptors (Lipinski definition) is 4. The fourth-order valence-electron chi connectivity index (χ4n) is 1.79. The Bertz CT molecular complexity index is 361. The van der Waals surface area contributed by atoms with Gasteiger partial charge in [0.1, 0.15) is 12.4 Å². The van der Waals surface area contributed by atoms with E-state index in [1.807, 2.05) is 38.1 Å². The van der Waals surface area contributed by atoms with E-state index in [9.17, 15) is 5.11 Å². The Kier molecular flexibility index (Phi) is 5.44. The van der Waals surface area contributed by atoms with Crippen LogP contribution in [0.5, 0.6) is 5.75 Å². The molecule has 0 bridgehead atoms. The highest BCUT2D eigenvalue weighted by molar-refractivity contribution is 5.51. The molecular weight excluding hydrogens is 228 g/mol. The summed E-state index contributed by atoms with van der Waals surface area (Å²) in [6.07, 6.45) is 0. The molecule has 0 spiro atoms. The highest BCUT2D eigenvalue weighted by Gasteiger charge is 2.16. The zero-order valence-corrected chi connectivity index (χ0v) is 11.5. The SMILES string of the molecule is CCN(CCOc1ccccc1N)CC(C)(C)O. The molecular formula is C14H24N2O2. The fourth-order valence-corrected chi connectivity index (χ4v) is 1.79. The van der Waals surface area contributed by atoms with E-state index in [0.717, 1.165) is 18.8 Å². The molecule has 1 aromatic carbocycles. The largest absolute Gasteiger partial charge is 0.490 e. The lowest BCUT2D eigenvalue weighted by Crippen LogP contribution is -2.40. The quantitative estimate of drug-likeness (QED) is 0.726. The number of nitrogen functional groups attached to an aromatic ring is 1. The van der Waals surface area contributed by atoms with Gasteiger partial charge in [-0.25, -0.2) is 0 Å². The highest BCUT2D eigenvalue weighted by atomic mass is 16.5. The predicted molar refractivity (Wildman–Crippen MR) is 74.8 cm³/mol. The Balaban J connectivity index is 2.38. The average Bonchev–Trinajstić information content (AvgIpc) is 2.28. The van der Waals surface area contributed by atoms with Gasteiger partial charge in [-0.3, -0.25) is 4.90 Å². The Morgan fingerprint density at radius 2 is 2.00 bits per heavy atom. The summed E-state index contributed by atoms with van der Waals surface area (Å²) < 4.78 is 5.64. The summed E-state index contributed by atoms with van der Waals surface area (Å²) >= 11 is 0. The average molecular weight is 252 g/mol. The van der Waals surface area contributed by atoms with Crippen LogP contribution in [-0.4, -0.2) is 41.8 Å². The second kappa shape index (κ2) is 6.61. The molecule has 3 N–H and O–H groups in total. The summed E-state index contributed by atoms with van der Waals surface area (Å²) in [6, 6.07) is 7.47. The van der Waals surface area contributed by atoms with Crippen LogP contribution in [0.4, 0.5) is 5.69 Å². The topological polar surface area (TPSA) is 58.7 Å². The Labute approximate surface area is 109 Å². The van der Waals surface area contributed by atoms with E-state index in [1.54, 1.807) is 0 Å². The molecule has 1 rings (SSSR count). The molecule has 4 heteroatoms. The number of rotatable bonds is 7. The number of nitrogens with zero attached hydrogens (tertiary/aromatic N) is 1. The van der Waals surface area contributed by atoms with Crippen molar-refractivity contribution in [2.75, 3.05) is 32.0 Å². The van der Waals surface area contributed by atoms with Gasteiger partial charge in [0, 0.05) is 13.1 Å². The number of para-hydroxylation sites is 2. The lowest BCUT2D eigenvalue weighted by Gasteiger charge is -2.27. The smallest absolute Gasteiger partial charge is 0.142 e. The van der Waals surface area contributed by atoms with Crippen molar-refractivity contribution in [2.45, 2.75) is 26.4 Å². The molecule has 0 aliphatic rings. The molecule has 0 aliphatic heterocycles. The van der Waals surface area contributed by atoms with Crippen LogP contribution in [0.25, 0.3) is 0 Å². The van der Waals surface area contributed by atoms with Crippen LogP contribution in [0.15, 0.2) is 24.3 Å². The minimum absolute atomic E-state index is 0.568. The Morgan fingerprint density at radius 3 is 2.56 bits per heavy atom. The molecule has 0 saturated heterocycles. The van der Waals surface area contributed by atoms with E-state index in [1.165, 1.54) is 0 Å². The van der Waals surface area contributed by atoms with E-state index in [2.05, 4.69) is 11.8 Å². The van der Waals surface area contributed by atoms with Crippen molar-refractivity contribution >= 4 is 5.69 Å². The number of likely N-dealkylation sites (N-methyl/N-ethyl adjacent to an activating group) is 1. The van der Waals surface area contributed by atoms with Gasteiger partial charge in [-0.15, -0.1) is 0 Å². The van der Waals surface area contributed by atoms with Crippen molar-refractivity contribution in [3.8, 4) is 5.75 Å². The lowest BCUT2D eigenvalue weighted by molar-refractivity contribution is 0.0340. The Morgan fingerprint density at radius 1 is 1.33 bits per heavy atom. The van der Waals surface area contributed by atoms with Crippen LogP contribution in [0, 0.1) is 0 Å². The standard InChI is InChI=1S/C14H24N2O2/c1-4-16(11-14(2,3)17)9-10-18-13-8-6-5-7-12(13)15/h5-8,17H,4,9-11,15H2,1-3H3. The van der Waals surface area contributed by atoms with Crippen LogP contribution in [0.1, 0.15) is 20.8 Å². The zero-order valence-electron chi connectivity index (χ0n) is 11.5. The molecule has 0 heterocycles. The number of anilines is 1. The zero-order chi connectivity index (χ0) is 13.6. The summed E-state index contributed by atoms with van der Waals surface area (Å²) in [5.74, 6) is 0.719. The molecule has 1 aromatic rings. The summed E-state index contributed by atoms with van der Waals surface area (Å²) in [5, 5.41) is 9.78. The van der Waals surface area contributed by atoms with Gasteiger partial charge < -0.3 is 15.6 Å². The number of benzene rings is 1.